The minimum Gasteiger partial charge on any atom is -0.465 e. The summed E-state index contributed by atoms with van der Waals surface area (Å²) in [7, 11) is 1.33. The number of carbonyl (C=O) groups is 2. The summed E-state index contributed by atoms with van der Waals surface area (Å²) in [6, 6.07) is 8.67. The molecule has 0 bridgehead atoms. The minimum absolute atomic E-state index is 0.277. The highest BCUT2D eigenvalue weighted by Crippen LogP contribution is 2.22. The molecule has 8 heteroatoms. The summed E-state index contributed by atoms with van der Waals surface area (Å²) >= 11 is 0. The van der Waals surface area contributed by atoms with Gasteiger partial charge in [0.05, 0.1) is 18.4 Å². The van der Waals surface area contributed by atoms with Crippen molar-refractivity contribution in [3.8, 4) is 5.69 Å². The van der Waals surface area contributed by atoms with E-state index in [9.17, 15) is 9.59 Å². The van der Waals surface area contributed by atoms with E-state index in [4.69, 9.17) is 4.74 Å². The second kappa shape index (κ2) is 7.36. The first-order chi connectivity index (χ1) is 12.9. The smallest absolute Gasteiger partial charge is 0.338 e. The van der Waals surface area contributed by atoms with Crippen molar-refractivity contribution in [3.63, 3.8) is 0 Å². The van der Waals surface area contributed by atoms with Crippen LogP contribution in [0.25, 0.3) is 5.69 Å². The molecule has 2 aromatic carbocycles. The van der Waals surface area contributed by atoms with E-state index in [-0.39, 0.29) is 5.91 Å². The molecule has 138 valence electrons. The third kappa shape index (κ3) is 3.69. The van der Waals surface area contributed by atoms with E-state index in [1.807, 2.05) is 26.8 Å². The third-order valence-corrected chi connectivity index (χ3v) is 4.39. The number of tetrazole rings is 1. The van der Waals surface area contributed by atoms with Crippen LogP contribution in [-0.2, 0) is 4.74 Å². The maximum absolute atomic E-state index is 12.6. The fourth-order valence-electron chi connectivity index (χ4n) is 2.78. The second-order valence-electron chi connectivity index (χ2n) is 6.17. The Morgan fingerprint density at radius 3 is 2.48 bits per heavy atom. The Morgan fingerprint density at radius 1 is 1.07 bits per heavy atom. The molecule has 1 N–H and O–H groups in total. The van der Waals surface area contributed by atoms with Crippen molar-refractivity contribution in [2.75, 3.05) is 12.4 Å². The summed E-state index contributed by atoms with van der Waals surface area (Å²) in [5.41, 5.74) is 4.80. The number of hydrogen-bond donors (Lipinski definition) is 1. The van der Waals surface area contributed by atoms with Gasteiger partial charge in [-0.15, -0.1) is 5.10 Å². The summed E-state index contributed by atoms with van der Waals surface area (Å²) in [6.07, 6.45) is 1.49. The van der Waals surface area contributed by atoms with Gasteiger partial charge in [-0.3, -0.25) is 4.79 Å². The molecule has 3 aromatic rings. The van der Waals surface area contributed by atoms with Gasteiger partial charge in [0, 0.05) is 11.3 Å². The van der Waals surface area contributed by atoms with E-state index in [1.165, 1.54) is 18.1 Å². The molecule has 0 radical (unpaired) electrons. The molecule has 0 atom stereocenters. The number of methoxy groups -OCH3 is 1. The largest absolute Gasteiger partial charge is 0.465 e. The Kier molecular flexibility index (Phi) is 4.98. The molecule has 0 aliphatic carbocycles. The lowest BCUT2D eigenvalue weighted by Gasteiger charge is -2.12. The molecule has 3 rings (SSSR count). The van der Waals surface area contributed by atoms with Gasteiger partial charge in [-0.25, -0.2) is 9.48 Å². The Hall–Kier alpha value is -3.55. The fraction of sp³-hybridized carbons (Fsp3) is 0.211. The Bertz CT molecular complexity index is 1010. The highest BCUT2D eigenvalue weighted by atomic mass is 16.5. The van der Waals surface area contributed by atoms with Crippen molar-refractivity contribution in [1.82, 2.24) is 20.2 Å². The van der Waals surface area contributed by atoms with Crippen LogP contribution in [0, 0.1) is 20.8 Å². The van der Waals surface area contributed by atoms with Gasteiger partial charge in [0.1, 0.15) is 6.33 Å². The zero-order valence-electron chi connectivity index (χ0n) is 15.5. The first-order valence-corrected chi connectivity index (χ1v) is 8.25. The normalized spacial score (nSPS) is 10.5. The van der Waals surface area contributed by atoms with Gasteiger partial charge in [0.15, 0.2) is 0 Å². The van der Waals surface area contributed by atoms with Gasteiger partial charge in [0.2, 0.25) is 0 Å². The molecule has 8 nitrogen and oxygen atoms in total. The molecule has 27 heavy (non-hydrogen) atoms. The van der Waals surface area contributed by atoms with Crippen LogP contribution < -0.4 is 5.32 Å². The number of ether oxygens (including phenoxy) is 1. The van der Waals surface area contributed by atoms with Crippen molar-refractivity contribution < 1.29 is 14.3 Å². The van der Waals surface area contributed by atoms with Crippen molar-refractivity contribution in [2.24, 2.45) is 0 Å². The second-order valence-corrected chi connectivity index (χ2v) is 6.17. The molecule has 1 amide bonds. The highest BCUT2D eigenvalue weighted by molar-refractivity contribution is 6.05. The minimum atomic E-state index is -0.437. The molecular formula is C19H19N5O3. The van der Waals surface area contributed by atoms with Crippen LogP contribution in [0.3, 0.4) is 0 Å². The number of rotatable bonds is 4. The first kappa shape index (κ1) is 18.2. The van der Waals surface area contributed by atoms with Gasteiger partial charge >= 0.3 is 5.97 Å². The fourth-order valence-corrected chi connectivity index (χ4v) is 2.78. The molecule has 0 spiro atoms. The Morgan fingerprint density at radius 2 is 1.85 bits per heavy atom. The number of aromatic nitrogens is 4. The van der Waals surface area contributed by atoms with Crippen molar-refractivity contribution in [1.29, 1.82) is 0 Å². The monoisotopic (exact) mass is 365 g/mol. The lowest BCUT2D eigenvalue weighted by atomic mass is 10.0. The molecule has 0 saturated heterocycles. The molecule has 0 unspecified atom stereocenters. The molecule has 0 saturated carbocycles. The van der Waals surface area contributed by atoms with Crippen molar-refractivity contribution >= 4 is 17.6 Å². The summed E-state index contributed by atoms with van der Waals surface area (Å²) in [4.78, 5) is 24.6. The number of anilines is 1. The summed E-state index contributed by atoms with van der Waals surface area (Å²) in [5, 5.41) is 13.9. The number of amides is 1. The summed E-state index contributed by atoms with van der Waals surface area (Å²) < 4.78 is 6.34. The van der Waals surface area contributed by atoms with Gasteiger partial charge < -0.3 is 10.1 Å². The van der Waals surface area contributed by atoms with E-state index < -0.39 is 5.97 Å². The average molecular weight is 365 g/mol. The average Bonchev–Trinajstić information content (AvgIpc) is 3.18. The number of benzene rings is 2. The van der Waals surface area contributed by atoms with Gasteiger partial charge in [-0.2, -0.15) is 0 Å². The summed E-state index contributed by atoms with van der Waals surface area (Å²) in [6.45, 7) is 5.59. The lowest BCUT2D eigenvalue weighted by molar-refractivity contribution is 0.0599. The zero-order chi connectivity index (χ0) is 19.6. The van der Waals surface area contributed by atoms with Crippen LogP contribution in [0.15, 0.2) is 36.7 Å². The maximum atomic E-state index is 12.6. The number of carbonyl (C=O) groups excluding carboxylic acids is 2. The van der Waals surface area contributed by atoms with Gasteiger partial charge in [-0.05, 0) is 78.2 Å². The van der Waals surface area contributed by atoms with E-state index in [2.05, 4.69) is 20.8 Å². The lowest BCUT2D eigenvalue weighted by Crippen LogP contribution is -2.14. The number of hydrogen-bond acceptors (Lipinski definition) is 6. The summed E-state index contributed by atoms with van der Waals surface area (Å²) in [5.74, 6) is -0.714. The number of aryl methyl sites for hydroxylation is 2. The predicted octanol–water partition coefficient (Wildman–Crippen LogP) is 2.63. The number of esters is 1. The van der Waals surface area contributed by atoms with E-state index in [1.54, 1.807) is 24.3 Å². The standard InChI is InChI=1S/C19H19N5O3/c1-11-8-15(9-16(13(11)3)19(26)27-4)21-18(25)14-5-6-17(12(2)7-14)24-10-20-22-23-24/h5-10H,1-4H3,(H,21,25). The van der Waals surface area contributed by atoms with Crippen molar-refractivity contribution in [3.05, 3.63) is 64.5 Å². The quantitative estimate of drug-likeness (QED) is 0.714. The van der Waals surface area contributed by atoms with Crippen LogP contribution in [0.5, 0.6) is 0 Å². The van der Waals surface area contributed by atoms with Gasteiger partial charge in [-0.1, -0.05) is 0 Å². The molecule has 0 aliphatic heterocycles. The van der Waals surface area contributed by atoms with Crippen LogP contribution in [0.4, 0.5) is 5.69 Å². The third-order valence-electron chi connectivity index (χ3n) is 4.39. The van der Waals surface area contributed by atoms with Crippen LogP contribution >= 0.6 is 0 Å². The Labute approximate surface area is 156 Å². The zero-order valence-corrected chi connectivity index (χ0v) is 15.5. The van der Waals surface area contributed by atoms with Crippen molar-refractivity contribution in [2.45, 2.75) is 20.8 Å². The van der Waals surface area contributed by atoms with E-state index >= 15 is 0 Å². The highest BCUT2D eigenvalue weighted by Gasteiger charge is 2.15. The predicted molar refractivity (Wildman–Crippen MR) is 99.1 cm³/mol. The molecule has 1 aromatic heterocycles. The van der Waals surface area contributed by atoms with E-state index in [0.29, 0.717) is 16.8 Å². The van der Waals surface area contributed by atoms with Crippen LogP contribution in [0.2, 0.25) is 0 Å². The van der Waals surface area contributed by atoms with Crippen LogP contribution in [-0.4, -0.2) is 39.2 Å². The van der Waals surface area contributed by atoms with Gasteiger partial charge in [0.25, 0.3) is 5.91 Å². The molecular weight excluding hydrogens is 346 g/mol. The molecule has 0 aliphatic rings. The topological polar surface area (TPSA) is 99.0 Å². The maximum Gasteiger partial charge on any atom is 0.338 e. The molecule has 1 heterocycles. The number of nitrogens with one attached hydrogen (secondary N) is 1. The number of nitrogens with zero attached hydrogens (tertiary/aromatic N) is 4. The van der Waals surface area contributed by atoms with E-state index in [0.717, 1.165) is 22.4 Å². The SMILES string of the molecule is COC(=O)c1cc(NC(=O)c2ccc(-n3cnnn3)c(C)c2)cc(C)c1C. The van der Waals surface area contributed by atoms with Crippen LogP contribution in [0.1, 0.15) is 37.4 Å². The molecule has 0 fully saturated rings. The Balaban J connectivity index is 1.87. The first-order valence-electron chi connectivity index (χ1n) is 8.25.